The van der Waals surface area contributed by atoms with Crippen LogP contribution in [0.4, 0.5) is 4.39 Å². The number of Topliss-reactive ketones (excluding diaryl/α,β-unsaturated/α-hetero) is 1. The molecule has 6 heteroatoms. The molecule has 0 spiro atoms. The van der Waals surface area contributed by atoms with Crippen molar-refractivity contribution in [3.05, 3.63) is 58.2 Å². The van der Waals surface area contributed by atoms with Crippen molar-refractivity contribution in [2.24, 2.45) is 0 Å². The molecule has 27 heavy (non-hydrogen) atoms. The van der Waals surface area contributed by atoms with Gasteiger partial charge >= 0.3 is 0 Å². The van der Waals surface area contributed by atoms with Crippen molar-refractivity contribution < 1.29 is 18.7 Å². The fourth-order valence-electron chi connectivity index (χ4n) is 4.22. The van der Waals surface area contributed by atoms with E-state index in [2.05, 4.69) is 5.32 Å². The summed E-state index contributed by atoms with van der Waals surface area (Å²) in [7, 11) is 0. The van der Waals surface area contributed by atoms with Gasteiger partial charge in [0.05, 0.1) is 13.2 Å². The van der Waals surface area contributed by atoms with Gasteiger partial charge in [-0.2, -0.15) is 0 Å². The van der Waals surface area contributed by atoms with E-state index in [9.17, 15) is 14.0 Å². The summed E-state index contributed by atoms with van der Waals surface area (Å²) in [4.78, 5) is 27.9. The first-order chi connectivity index (χ1) is 13.1. The van der Waals surface area contributed by atoms with Gasteiger partial charge in [0.1, 0.15) is 5.82 Å². The van der Waals surface area contributed by atoms with Gasteiger partial charge in [-0.1, -0.05) is 18.2 Å². The average Bonchev–Trinajstić information content (AvgIpc) is 2.68. The number of morpholine rings is 1. The van der Waals surface area contributed by atoms with E-state index in [0.717, 1.165) is 18.5 Å². The van der Waals surface area contributed by atoms with Crippen molar-refractivity contribution >= 4 is 11.7 Å². The van der Waals surface area contributed by atoms with E-state index in [1.54, 1.807) is 23.1 Å². The van der Waals surface area contributed by atoms with E-state index in [1.807, 2.05) is 6.92 Å². The van der Waals surface area contributed by atoms with E-state index in [0.29, 0.717) is 55.1 Å². The van der Waals surface area contributed by atoms with Crippen LogP contribution in [0, 0.1) is 5.82 Å². The Morgan fingerprint density at radius 3 is 2.70 bits per heavy atom. The third-order valence-electron chi connectivity index (χ3n) is 5.52. The van der Waals surface area contributed by atoms with E-state index in [1.165, 1.54) is 6.07 Å². The molecular formula is C21H23FN2O3. The van der Waals surface area contributed by atoms with Crippen LogP contribution in [0.2, 0.25) is 0 Å². The lowest BCUT2D eigenvalue weighted by Gasteiger charge is -2.37. The number of amides is 1. The monoisotopic (exact) mass is 370 g/mol. The van der Waals surface area contributed by atoms with Crippen LogP contribution in [0.25, 0.3) is 0 Å². The second-order valence-corrected chi connectivity index (χ2v) is 7.19. The number of nitrogens with zero attached hydrogens (tertiary/aromatic N) is 1. The number of rotatable bonds is 2. The molecule has 0 unspecified atom stereocenters. The first-order valence-electron chi connectivity index (χ1n) is 9.43. The van der Waals surface area contributed by atoms with E-state index < -0.39 is 11.7 Å². The Morgan fingerprint density at radius 1 is 1.22 bits per heavy atom. The zero-order valence-corrected chi connectivity index (χ0v) is 15.4. The van der Waals surface area contributed by atoms with Gasteiger partial charge in [-0.25, -0.2) is 4.39 Å². The number of halogens is 1. The summed E-state index contributed by atoms with van der Waals surface area (Å²) in [5.74, 6) is -1.21. The maximum absolute atomic E-state index is 14.7. The number of hydrogen-bond donors (Lipinski definition) is 1. The summed E-state index contributed by atoms with van der Waals surface area (Å²) in [5.41, 5.74) is 2.94. The molecule has 2 heterocycles. The maximum Gasteiger partial charge on any atom is 0.252 e. The molecule has 3 aliphatic rings. The fourth-order valence-corrected chi connectivity index (χ4v) is 4.22. The van der Waals surface area contributed by atoms with Crippen LogP contribution in [-0.2, 0) is 14.3 Å². The summed E-state index contributed by atoms with van der Waals surface area (Å²) >= 11 is 0. The van der Waals surface area contributed by atoms with Crippen LogP contribution in [0.5, 0.6) is 0 Å². The lowest BCUT2D eigenvalue weighted by Crippen LogP contribution is -2.45. The van der Waals surface area contributed by atoms with Gasteiger partial charge in [-0.15, -0.1) is 0 Å². The Morgan fingerprint density at radius 2 is 1.96 bits per heavy atom. The van der Waals surface area contributed by atoms with Crippen LogP contribution in [-0.4, -0.2) is 42.9 Å². The van der Waals surface area contributed by atoms with E-state index >= 15 is 0 Å². The number of carbonyl (C=O) groups excluding carboxylic acids is 2. The molecule has 1 atom stereocenters. The normalized spacial score (nSPS) is 23.3. The third-order valence-corrected chi connectivity index (χ3v) is 5.52. The fraction of sp³-hybridized carbons (Fsp3) is 0.429. The maximum atomic E-state index is 14.7. The minimum absolute atomic E-state index is 0.00298. The number of carbonyl (C=O) groups is 2. The van der Waals surface area contributed by atoms with Crippen LogP contribution in [0.1, 0.15) is 37.7 Å². The predicted octanol–water partition coefficient (Wildman–Crippen LogP) is 2.65. The SMILES string of the molecule is CC1=C(C(=O)N2CCOCC2)[C@@H](c2ccccc2F)C2=C(CCCC2=O)N1. The van der Waals surface area contributed by atoms with Crippen LogP contribution < -0.4 is 5.32 Å². The molecule has 142 valence electrons. The molecule has 0 aromatic heterocycles. The molecule has 1 N–H and O–H groups in total. The largest absolute Gasteiger partial charge is 0.378 e. The Balaban J connectivity index is 1.84. The van der Waals surface area contributed by atoms with Gasteiger partial charge in [-0.3, -0.25) is 9.59 Å². The van der Waals surface area contributed by atoms with Crippen molar-refractivity contribution in [3.8, 4) is 0 Å². The summed E-state index contributed by atoms with van der Waals surface area (Å²) in [6.45, 7) is 3.81. The van der Waals surface area contributed by atoms with Gasteiger partial charge in [0.2, 0.25) is 0 Å². The van der Waals surface area contributed by atoms with Gasteiger partial charge in [-0.05, 0) is 25.8 Å². The minimum atomic E-state index is -0.661. The van der Waals surface area contributed by atoms with Crippen LogP contribution in [0.15, 0.2) is 46.8 Å². The lowest BCUT2D eigenvalue weighted by molar-refractivity contribution is -0.131. The van der Waals surface area contributed by atoms with Gasteiger partial charge in [0, 0.05) is 53.5 Å². The van der Waals surface area contributed by atoms with Crippen molar-refractivity contribution in [1.29, 1.82) is 0 Å². The molecule has 0 saturated carbocycles. The molecule has 2 aliphatic heterocycles. The Bertz CT molecular complexity index is 853. The zero-order valence-electron chi connectivity index (χ0n) is 15.4. The first kappa shape index (κ1) is 17.9. The molecular weight excluding hydrogens is 347 g/mol. The Labute approximate surface area is 157 Å². The molecule has 5 nitrogen and oxygen atoms in total. The average molecular weight is 370 g/mol. The van der Waals surface area contributed by atoms with Crippen LogP contribution >= 0.6 is 0 Å². The van der Waals surface area contributed by atoms with Gasteiger partial charge in [0.15, 0.2) is 5.78 Å². The van der Waals surface area contributed by atoms with E-state index in [-0.39, 0.29) is 11.7 Å². The number of ketones is 1. The standard InChI is InChI=1S/C21H23FN2O3/c1-13-18(21(26)24-9-11-27-12-10-24)19(14-5-2-3-6-15(14)22)20-16(23-13)7-4-8-17(20)25/h2-3,5-6,19,23H,4,7-12H2,1H3/t19-/m1/s1. The van der Waals surface area contributed by atoms with Crippen molar-refractivity contribution in [2.45, 2.75) is 32.1 Å². The zero-order chi connectivity index (χ0) is 19.0. The topological polar surface area (TPSA) is 58.6 Å². The molecule has 1 fully saturated rings. The Kier molecular flexibility index (Phi) is 4.83. The molecule has 1 aromatic carbocycles. The number of nitrogens with one attached hydrogen (secondary N) is 1. The van der Waals surface area contributed by atoms with Crippen LogP contribution in [0.3, 0.4) is 0 Å². The summed E-state index contributed by atoms with van der Waals surface area (Å²) in [5, 5.41) is 3.28. The molecule has 0 bridgehead atoms. The number of ether oxygens (including phenoxy) is 1. The first-order valence-corrected chi connectivity index (χ1v) is 9.43. The molecule has 0 radical (unpaired) electrons. The molecule has 1 aliphatic carbocycles. The summed E-state index contributed by atoms with van der Waals surface area (Å²) in [6, 6.07) is 6.44. The van der Waals surface area contributed by atoms with Gasteiger partial charge < -0.3 is 15.0 Å². The van der Waals surface area contributed by atoms with E-state index in [4.69, 9.17) is 4.74 Å². The van der Waals surface area contributed by atoms with Crippen molar-refractivity contribution in [1.82, 2.24) is 10.2 Å². The number of hydrogen-bond acceptors (Lipinski definition) is 4. The highest BCUT2D eigenvalue weighted by Crippen LogP contribution is 2.43. The highest BCUT2D eigenvalue weighted by molar-refractivity contribution is 6.05. The molecule has 4 rings (SSSR count). The van der Waals surface area contributed by atoms with Crippen molar-refractivity contribution in [2.75, 3.05) is 26.3 Å². The summed E-state index contributed by atoms with van der Waals surface area (Å²) < 4.78 is 20.1. The van der Waals surface area contributed by atoms with Gasteiger partial charge in [0.25, 0.3) is 5.91 Å². The predicted molar refractivity (Wildman–Crippen MR) is 98.3 cm³/mol. The third kappa shape index (κ3) is 3.18. The minimum Gasteiger partial charge on any atom is -0.378 e. The smallest absolute Gasteiger partial charge is 0.252 e. The van der Waals surface area contributed by atoms with Crippen molar-refractivity contribution in [3.63, 3.8) is 0 Å². The highest BCUT2D eigenvalue weighted by Gasteiger charge is 2.40. The number of benzene rings is 1. The number of dihydropyridines is 1. The molecule has 1 amide bonds. The molecule has 1 aromatic rings. The quantitative estimate of drug-likeness (QED) is 0.870. The number of allylic oxidation sites excluding steroid dienone is 3. The molecule has 1 saturated heterocycles. The highest BCUT2D eigenvalue weighted by atomic mass is 19.1. The summed E-state index contributed by atoms with van der Waals surface area (Å²) in [6.07, 6.45) is 1.95. The second kappa shape index (κ2) is 7.27. The second-order valence-electron chi connectivity index (χ2n) is 7.19. The Hall–Kier alpha value is -2.47. The lowest BCUT2D eigenvalue weighted by atomic mass is 9.74.